The van der Waals surface area contributed by atoms with Gasteiger partial charge >= 0.3 is 0 Å². The van der Waals surface area contributed by atoms with Gasteiger partial charge in [-0.2, -0.15) is 0 Å². The molecule has 0 saturated carbocycles. The fraction of sp³-hybridized carbons (Fsp3) is 0. The summed E-state index contributed by atoms with van der Waals surface area (Å²) in [5.74, 6) is 0. The molecule has 63 valence electrons. The van der Waals surface area contributed by atoms with Crippen LogP contribution in [0.5, 0.6) is 0 Å². The summed E-state index contributed by atoms with van der Waals surface area (Å²) in [7, 11) is 0. The number of nitrogens with zero attached hydrogens (tertiary/aromatic N) is 1. The fourth-order valence-corrected chi connectivity index (χ4v) is 1.24. The SMILES string of the molecule is O=[N+]([O-])c1cc(Cl)[c]c(Cl)c1Cl. The lowest BCUT2D eigenvalue weighted by atomic mass is 10.3. The topological polar surface area (TPSA) is 43.1 Å². The highest BCUT2D eigenvalue weighted by Gasteiger charge is 2.16. The molecule has 0 heterocycles. The number of hydrogen-bond donors (Lipinski definition) is 0. The lowest BCUT2D eigenvalue weighted by Gasteiger charge is -1.97. The van der Waals surface area contributed by atoms with Gasteiger partial charge in [-0.25, -0.2) is 0 Å². The Morgan fingerprint density at radius 2 is 2.00 bits per heavy atom. The maximum Gasteiger partial charge on any atom is 0.290 e. The van der Waals surface area contributed by atoms with Gasteiger partial charge in [0.25, 0.3) is 5.69 Å². The Labute approximate surface area is 83.0 Å². The van der Waals surface area contributed by atoms with Crippen molar-refractivity contribution < 1.29 is 4.92 Å². The van der Waals surface area contributed by atoms with E-state index < -0.39 is 4.92 Å². The zero-order chi connectivity index (χ0) is 9.30. The molecular formula is C6HCl3NO2. The molecule has 0 aliphatic heterocycles. The van der Waals surface area contributed by atoms with Crippen LogP contribution in [-0.4, -0.2) is 4.92 Å². The number of rotatable bonds is 1. The van der Waals surface area contributed by atoms with Gasteiger partial charge in [-0.1, -0.05) is 34.8 Å². The molecule has 1 rings (SSSR count). The second kappa shape index (κ2) is 3.47. The van der Waals surface area contributed by atoms with Crippen LogP contribution in [0.3, 0.4) is 0 Å². The first-order chi connectivity index (χ1) is 5.52. The molecule has 0 aliphatic rings. The molecule has 0 amide bonds. The van der Waals surface area contributed by atoms with Crippen LogP contribution in [0.1, 0.15) is 0 Å². The minimum Gasteiger partial charge on any atom is -0.258 e. The van der Waals surface area contributed by atoms with Gasteiger partial charge in [0.2, 0.25) is 0 Å². The van der Waals surface area contributed by atoms with Crippen LogP contribution < -0.4 is 0 Å². The fourth-order valence-electron chi connectivity index (χ4n) is 0.624. The van der Waals surface area contributed by atoms with Crippen LogP contribution in [0.15, 0.2) is 6.07 Å². The second-order valence-electron chi connectivity index (χ2n) is 1.89. The first-order valence-corrected chi connectivity index (χ1v) is 3.87. The van der Waals surface area contributed by atoms with Crippen molar-refractivity contribution in [3.8, 4) is 0 Å². The quantitative estimate of drug-likeness (QED) is 0.418. The van der Waals surface area contributed by atoms with E-state index in [-0.39, 0.29) is 20.8 Å². The molecule has 1 radical (unpaired) electrons. The number of nitro benzene ring substituents is 1. The third kappa shape index (κ3) is 1.80. The molecule has 0 atom stereocenters. The van der Waals surface area contributed by atoms with Crippen molar-refractivity contribution in [2.24, 2.45) is 0 Å². The van der Waals surface area contributed by atoms with Crippen molar-refractivity contribution in [2.45, 2.75) is 0 Å². The van der Waals surface area contributed by atoms with Crippen molar-refractivity contribution in [1.29, 1.82) is 0 Å². The Balaban J connectivity index is 3.37. The highest BCUT2D eigenvalue weighted by atomic mass is 35.5. The summed E-state index contributed by atoms with van der Waals surface area (Å²) in [6.07, 6.45) is 0. The average molecular weight is 225 g/mol. The summed E-state index contributed by atoms with van der Waals surface area (Å²) in [5, 5.41) is 10.2. The van der Waals surface area contributed by atoms with Crippen molar-refractivity contribution in [2.75, 3.05) is 0 Å². The number of nitro groups is 1. The van der Waals surface area contributed by atoms with E-state index in [0.717, 1.165) is 6.07 Å². The average Bonchev–Trinajstić information content (AvgIpc) is 1.96. The standard InChI is InChI=1S/C6HCl3NO2/c7-3-1-4(8)6(9)5(2-3)10(11)12/h2H. The van der Waals surface area contributed by atoms with Crippen molar-refractivity contribution in [1.82, 2.24) is 0 Å². The smallest absolute Gasteiger partial charge is 0.258 e. The van der Waals surface area contributed by atoms with Crippen LogP contribution in [-0.2, 0) is 0 Å². The minimum absolute atomic E-state index is 0.0455. The van der Waals surface area contributed by atoms with Gasteiger partial charge < -0.3 is 0 Å². The molecule has 0 aliphatic carbocycles. The third-order valence-electron chi connectivity index (χ3n) is 1.11. The molecule has 6 heteroatoms. The molecule has 0 spiro atoms. The van der Waals surface area contributed by atoms with Crippen molar-refractivity contribution >= 4 is 40.5 Å². The van der Waals surface area contributed by atoms with Gasteiger partial charge in [0.1, 0.15) is 5.02 Å². The Hall–Kier alpha value is -0.510. The molecule has 0 aromatic heterocycles. The summed E-state index contributed by atoms with van der Waals surface area (Å²) in [5.41, 5.74) is -0.314. The summed E-state index contributed by atoms with van der Waals surface area (Å²) in [4.78, 5) is 9.66. The van der Waals surface area contributed by atoms with Gasteiger partial charge in [0.15, 0.2) is 0 Å². The van der Waals surface area contributed by atoms with Crippen molar-refractivity contribution in [3.05, 3.63) is 37.3 Å². The minimum atomic E-state index is -0.659. The monoisotopic (exact) mass is 224 g/mol. The molecule has 12 heavy (non-hydrogen) atoms. The maximum atomic E-state index is 10.3. The lowest BCUT2D eigenvalue weighted by Crippen LogP contribution is -1.89. The summed E-state index contributed by atoms with van der Waals surface area (Å²) in [6, 6.07) is 3.52. The summed E-state index contributed by atoms with van der Waals surface area (Å²) >= 11 is 16.4. The highest BCUT2D eigenvalue weighted by molar-refractivity contribution is 6.44. The van der Waals surface area contributed by atoms with E-state index in [1.807, 2.05) is 0 Å². The zero-order valence-electron chi connectivity index (χ0n) is 5.47. The maximum absolute atomic E-state index is 10.3. The Morgan fingerprint density at radius 1 is 1.42 bits per heavy atom. The molecule has 1 aromatic carbocycles. The van der Waals surface area contributed by atoms with Gasteiger partial charge in [-0.05, 0) is 0 Å². The predicted molar refractivity (Wildman–Crippen MR) is 47.0 cm³/mol. The summed E-state index contributed by atoms with van der Waals surface area (Å²) < 4.78 is 0. The van der Waals surface area contributed by atoms with Crippen LogP contribution in [0, 0.1) is 16.2 Å². The van der Waals surface area contributed by atoms with E-state index in [0.29, 0.717) is 0 Å². The van der Waals surface area contributed by atoms with Crippen molar-refractivity contribution in [3.63, 3.8) is 0 Å². The van der Waals surface area contributed by atoms with E-state index >= 15 is 0 Å². The molecule has 0 N–H and O–H groups in total. The molecule has 3 nitrogen and oxygen atoms in total. The Kier molecular flexibility index (Phi) is 2.77. The molecule has 0 saturated heterocycles. The van der Waals surface area contributed by atoms with Crippen LogP contribution in [0.25, 0.3) is 0 Å². The van der Waals surface area contributed by atoms with Gasteiger partial charge in [0, 0.05) is 12.1 Å². The number of halogens is 3. The normalized spacial score (nSPS) is 9.92. The first-order valence-electron chi connectivity index (χ1n) is 2.73. The largest absolute Gasteiger partial charge is 0.290 e. The van der Waals surface area contributed by atoms with Gasteiger partial charge in [-0.3, -0.25) is 10.1 Å². The Morgan fingerprint density at radius 3 is 2.50 bits per heavy atom. The molecule has 0 fully saturated rings. The number of benzene rings is 1. The molecule has 0 bridgehead atoms. The van der Waals surface area contributed by atoms with Gasteiger partial charge in [0.05, 0.1) is 15.0 Å². The van der Waals surface area contributed by atoms with Gasteiger partial charge in [-0.15, -0.1) is 0 Å². The number of hydrogen-bond acceptors (Lipinski definition) is 2. The van der Waals surface area contributed by atoms with E-state index in [4.69, 9.17) is 34.8 Å². The zero-order valence-corrected chi connectivity index (χ0v) is 7.74. The van der Waals surface area contributed by atoms with E-state index in [2.05, 4.69) is 6.07 Å². The molecule has 1 aromatic rings. The third-order valence-corrected chi connectivity index (χ3v) is 2.07. The predicted octanol–water partition coefficient (Wildman–Crippen LogP) is 3.36. The Bertz CT molecular complexity index is 340. The molecular weight excluding hydrogens is 224 g/mol. The highest BCUT2D eigenvalue weighted by Crippen LogP contribution is 2.33. The second-order valence-corrected chi connectivity index (χ2v) is 3.05. The van der Waals surface area contributed by atoms with E-state index in [9.17, 15) is 10.1 Å². The van der Waals surface area contributed by atoms with E-state index in [1.54, 1.807) is 0 Å². The molecule has 0 unspecified atom stereocenters. The van der Waals surface area contributed by atoms with Crippen LogP contribution >= 0.6 is 34.8 Å². The summed E-state index contributed by atoms with van der Waals surface area (Å²) in [6.45, 7) is 0. The first kappa shape index (κ1) is 9.58. The van der Waals surface area contributed by atoms with E-state index in [1.165, 1.54) is 0 Å². The van der Waals surface area contributed by atoms with Crippen LogP contribution in [0.2, 0.25) is 15.1 Å². The lowest BCUT2D eigenvalue weighted by molar-refractivity contribution is -0.384. The van der Waals surface area contributed by atoms with Crippen LogP contribution in [0.4, 0.5) is 5.69 Å².